The summed E-state index contributed by atoms with van der Waals surface area (Å²) in [4.78, 5) is 12.9. The van der Waals surface area contributed by atoms with Gasteiger partial charge in [-0.2, -0.15) is 13.2 Å². The summed E-state index contributed by atoms with van der Waals surface area (Å²) in [5.41, 5.74) is -2.61. The van der Waals surface area contributed by atoms with Crippen molar-refractivity contribution in [3.8, 4) is 0 Å². The van der Waals surface area contributed by atoms with Crippen molar-refractivity contribution in [1.29, 1.82) is 0 Å². The molecule has 14 heteroatoms. The van der Waals surface area contributed by atoms with Gasteiger partial charge in [-0.25, -0.2) is 12.8 Å². The Morgan fingerprint density at radius 3 is 2.58 bits per heavy atom. The maximum atomic E-state index is 14.2. The van der Waals surface area contributed by atoms with E-state index in [2.05, 4.69) is 14.4 Å². The number of aromatic nitrogens is 2. The van der Waals surface area contributed by atoms with Crippen LogP contribution in [0.25, 0.3) is 16.6 Å². The molecule has 8 nitrogen and oxygen atoms in total. The molecular formula is C24H20ClF4N3O5S. The molecule has 0 aliphatic heterocycles. The molecule has 0 amide bonds. The second-order valence-electron chi connectivity index (χ2n) is 9.12. The van der Waals surface area contributed by atoms with Gasteiger partial charge < -0.3 is 9.26 Å². The van der Waals surface area contributed by atoms with Crippen molar-refractivity contribution >= 4 is 44.0 Å². The summed E-state index contributed by atoms with van der Waals surface area (Å²) in [5.74, 6) is -0.529. The number of fused-ring (bicyclic) bond motifs is 1. The molecule has 38 heavy (non-hydrogen) atoms. The molecule has 1 unspecified atom stereocenters. The minimum Gasteiger partial charge on any atom is -0.495 e. The first-order valence-electron chi connectivity index (χ1n) is 11.3. The molecule has 0 saturated heterocycles. The molecule has 2 aliphatic rings. The molecule has 3 aromatic rings. The number of halogens is 5. The van der Waals surface area contributed by atoms with Crippen molar-refractivity contribution in [2.24, 2.45) is 5.92 Å². The van der Waals surface area contributed by atoms with E-state index in [1.54, 1.807) is 0 Å². The Balaban J connectivity index is 1.53. The van der Waals surface area contributed by atoms with Crippen LogP contribution in [-0.4, -0.2) is 42.5 Å². The summed E-state index contributed by atoms with van der Waals surface area (Å²) in [6.07, 6.45) is -3.73. The molecule has 2 aliphatic carbocycles. The van der Waals surface area contributed by atoms with Gasteiger partial charge in [-0.05, 0) is 54.7 Å². The van der Waals surface area contributed by atoms with Crippen LogP contribution in [0.2, 0.25) is 0 Å². The fraction of sp³-hybridized carbons (Fsp3) is 0.333. The van der Waals surface area contributed by atoms with Crippen LogP contribution in [0.15, 0.2) is 74.3 Å². The first kappa shape index (κ1) is 26.3. The zero-order valence-corrected chi connectivity index (χ0v) is 21.2. The van der Waals surface area contributed by atoms with E-state index in [4.69, 9.17) is 16.3 Å². The first-order chi connectivity index (χ1) is 17.8. The van der Waals surface area contributed by atoms with Crippen molar-refractivity contribution in [3.63, 3.8) is 0 Å². The van der Waals surface area contributed by atoms with Gasteiger partial charge in [-0.15, -0.1) is 11.6 Å². The lowest BCUT2D eigenvalue weighted by atomic mass is 9.66. The van der Waals surface area contributed by atoms with Crippen LogP contribution in [0, 0.1) is 5.92 Å². The molecule has 1 atom stereocenters. The Morgan fingerprint density at radius 1 is 1.21 bits per heavy atom. The monoisotopic (exact) mass is 573 g/mol. The Bertz CT molecular complexity index is 1620. The van der Waals surface area contributed by atoms with Gasteiger partial charge in [-0.3, -0.25) is 14.1 Å². The predicted molar refractivity (Wildman–Crippen MR) is 131 cm³/mol. The van der Waals surface area contributed by atoms with E-state index in [0.717, 1.165) is 0 Å². The maximum Gasteiger partial charge on any atom is 0.422 e. The number of hydrogen-bond donors (Lipinski definition) is 1. The van der Waals surface area contributed by atoms with Crippen LogP contribution < -0.4 is 10.3 Å². The van der Waals surface area contributed by atoms with Crippen LogP contribution in [0.4, 0.5) is 23.4 Å². The molecule has 202 valence electrons. The SMILES string of the molecule is COC1=C(n2c(=O)ccc3cc(S(=O)(=O)Nc4ccon4)ccc32)CC(Cl)C([C@H]2C[C@](F)(C(F)(F)F)C2)=C1. The molecule has 1 saturated carbocycles. The van der Waals surface area contributed by atoms with Gasteiger partial charge in [0.25, 0.3) is 15.6 Å². The van der Waals surface area contributed by atoms with E-state index in [-0.39, 0.29) is 22.9 Å². The van der Waals surface area contributed by atoms with Gasteiger partial charge >= 0.3 is 6.18 Å². The number of hydrogen-bond acceptors (Lipinski definition) is 6. The molecule has 0 bridgehead atoms. The highest BCUT2D eigenvalue weighted by Gasteiger charge is 2.64. The highest BCUT2D eigenvalue weighted by Crippen LogP contribution is 2.55. The lowest BCUT2D eigenvalue weighted by Gasteiger charge is -2.45. The van der Waals surface area contributed by atoms with Crippen LogP contribution in [-0.2, 0) is 14.8 Å². The van der Waals surface area contributed by atoms with Crippen molar-refractivity contribution in [3.05, 3.63) is 70.4 Å². The zero-order valence-electron chi connectivity index (χ0n) is 19.6. The molecule has 1 aromatic carbocycles. The molecule has 2 heterocycles. The summed E-state index contributed by atoms with van der Waals surface area (Å²) in [6.45, 7) is 0. The van der Waals surface area contributed by atoms with Gasteiger partial charge in [0, 0.05) is 23.9 Å². The second kappa shape index (κ2) is 9.16. The summed E-state index contributed by atoms with van der Waals surface area (Å²) < 4.78 is 92.4. The van der Waals surface area contributed by atoms with E-state index < -0.39 is 51.6 Å². The van der Waals surface area contributed by atoms with Crippen LogP contribution in [0.1, 0.15) is 19.3 Å². The fourth-order valence-electron chi connectivity index (χ4n) is 4.79. The average Bonchev–Trinajstić information content (AvgIpc) is 3.33. The third-order valence-electron chi connectivity index (χ3n) is 6.78. The van der Waals surface area contributed by atoms with Gasteiger partial charge in [0.15, 0.2) is 5.82 Å². The fourth-order valence-corrected chi connectivity index (χ4v) is 6.20. The number of ether oxygens (including phenoxy) is 1. The quantitative estimate of drug-likeness (QED) is 0.320. The Labute approximate surface area is 218 Å². The van der Waals surface area contributed by atoms with Gasteiger partial charge in [0.05, 0.1) is 28.6 Å². The second-order valence-corrected chi connectivity index (χ2v) is 11.3. The average molecular weight is 574 g/mol. The van der Waals surface area contributed by atoms with Crippen molar-refractivity contribution < 1.29 is 35.2 Å². The highest BCUT2D eigenvalue weighted by atomic mass is 35.5. The number of pyridine rings is 1. The first-order valence-corrected chi connectivity index (χ1v) is 13.2. The van der Waals surface area contributed by atoms with Crippen molar-refractivity contribution in [2.75, 3.05) is 11.8 Å². The topological polar surface area (TPSA) is 103 Å². The molecule has 0 radical (unpaired) electrons. The van der Waals surface area contributed by atoms with E-state index in [9.17, 15) is 30.8 Å². The zero-order chi connectivity index (χ0) is 27.5. The molecule has 1 N–H and O–H groups in total. The molecular weight excluding hydrogens is 554 g/mol. The molecule has 2 aromatic heterocycles. The van der Waals surface area contributed by atoms with Crippen LogP contribution in [0.5, 0.6) is 0 Å². The number of sulfonamides is 1. The van der Waals surface area contributed by atoms with Gasteiger partial charge in [0.1, 0.15) is 12.0 Å². The normalized spacial score (nSPS) is 24.2. The summed E-state index contributed by atoms with van der Waals surface area (Å²) in [7, 11) is -2.68. The van der Waals surface area contributed by atoms with Crippen LogP contribution in [0.3, 0.4) is 0 Å². The number of benzene rings is 1. The minimum absolute atomic E-state index is 0.00499. The van der Waals surface area contributed by atoms with Gasteiger partial charge in [-0.1, -0.05) is 5.16 Å². The summed E-state index contributed by atoms with van der Waals surface area (Å²) in [5, 5.41) is 3.12. The standard InChI is InChI=1S/C24H20ClF4N3O5S/c1-36-20-9-16(14-11-23(26,12-14)24(27,28)29)17(25)10-19(20)32-18-4-3-15(8-13(18)2-5-22(32)33)38(34,35)31-21-6-7-37-30-21/h2-9,14,17H,10-12H2,1H3,(H,30,31)/t14-,17?,23+. The third kappa shape index (κ3) is 4.47. The van der Waals surface area contributed by atoms with E-state index in [1.807, 2.05) is 0 Å². The smallest absolute Gasteiger partial charge is 0.422 e. The Hall–Kier alpha value is -3.32. The van der Waals surface area contributed by atoms with Crippen molar-refractivity contribution in [2.45, 2.75) is 41.4 Å². The predicted octanol–water partition coefficient (Wildman–Crippen LogP) is 5.22. The van der Waals surface area contributed by atoms with Crippen LogP contribution >= 0.6 is 11.6 Å². The van der Waals surface area contributed by atoms with E-state index in [1.165, 1.54) is 60.4 Å². The number of allylic oxidation sites excluding steroid dienone is 3. The summed E-state index contributed by atoms with van der Waals surface area (Å²) >= 11 is 6.54. The Kier molecular flexibility index (Phi) is 6.33. The lowest BCUT2D eigenvalue weighted by molar-refractivity contribution is -0.264. The number of nitrogens with one attached hydrogen (secondary N) is 1. The minimum atomic E-state index is -4.96. The number of rotatable bonds is 6. The number of anilines is 1. The molecule has 5 rings (SSSR count). The number of alkyl halides is 5. The highest BCUT2D eigenvalue weighted by molar-refractivity contribution is 7.92. The van der Waals surface area contributed by atoms with Crippen molar-refractivity contribution in [1.82, 2.24) is 9.72 Å². The maximum absolute atomic E-state index is 14.2. The Morgan fingerprint density at radius 2 is 1.95 bits per heavy atom. The molecule has 0 spiro atoms. The number of methoxy groups -OCH3 is 1. The van der Waals surface area contributed by atoms with Gasteiger partial charge in [0.2, 0.25) is 5.67 Å². The third-order valence-corrected chi connectivity index (χ3v) is 8.54. The van der Waals surface area contributed by atoms with E-state index >= 15 is 0 Å². The lowest BCUT2D eigenvalue weighted by Crippen LogP contribution is -2.52. The molecule has 1 fully saturated rings. The van der Waals surface area contributed by atoms with E-state index in [0.29, 0.717) is 22.2 Å². The summed E-state index contributed by atoms with van der Waals surface area (Å²) in [6, 6.07) is 8.17. The largest absolute Gasteiger partial charge is 0.495 e. The number of nitrogens with zero attached hydrogens (tertiary/aromatic N) is 2.